The van der Waals surface area contributed by atoms with Crippen molar-refractivity contribution in [1.82, 2.24) is 9.62 Å². The van der Waals surface area contributed by atoms with E-state index in [2.05, 4.69) is 4.72 Å². The number of carbonyl (C=O) groups excluding carboxylic acids is 1. The van der Waals surface area contributed by atoms with Crippen LogP contribution in [0.15, 0.2) is 40.6 Å². The molecular formula is C14H15ClN2O3S2. The Morgan fingerprint density at radius 2 is 2.09 bits per heavy atom. The summed E-state index contributed by atoms with van der Waals surface area (Å²) >= 11 is 7.60. The monoisotopic (exact) mass is 358 g/mol. The minimum Gasteiger partial charge on any atom is -0.337 e. The average Bonchev–Trinajstić information content (AvgIpc) is 2.99. The Balaban J connectivity index is 2.31. The van der Waals surface area contributed by atoms with E-state index in [9.17, 15) is 13.2 Å². The van der Waals surface area contributed by atoms with Gasteiger partial charge in [0.1, 0.15) is 0 Å². The molecule has 118 valence electrons. The SMILES string of the molecule is CNS(=O)(=O)c1ccc(Cl)c(C(=O)N(C)Cc2cccs2)c1. The van der Waals surface area contributed by atoms with Crippen LogP contribution in [0.3, 0.4) is 0 Å². The van der Waals surface area contributed by atoms with Gasteiger partial charge in [0.05, 0.1) is 22.0 Å². The zero-order valence-corrected chi connectivity index (χ0v) is 14.4. The van der Waals surface area contributed by atoms with Crippen LogP contribution in [-0.2, 0) is 16.6 Å². The summed E-state index contributed by atoms with van der Waals surface area (Å²) in [6, 6.07) is 7.91. The number of benzene rings is 1. The lowest BCUT2D eigenvalue weighted by Gasteiger charge is -2.17. The summed E-state index contributed by atoms with van der Waals surface area (Å²) in [6.45, 7) is 0.440. The molecule has 0 spiro atoms. The molecule has 1 amide bonds. The molecule has 22 heavy (non-hydrogen) atoms. The Morgan fingerprint density at radius 3 is 2.68 bits per heavy atom. The molecule has 2 rings (SSSR count). The van der Waals surface area contributed by atoms with E-state index in [0.29, 0.717) is 6.54 Å². The van der Waals surface area contributed by atoms with Crippen molar-refractivity contribution >= 4 is 38.9 Å². The van der Waals surface area contributed by atoms with Gasteiger partial charge in [-0.3, -0.25) is 4.79 Å². The zero-order valence-electron chi connectivity index (χ0n) is 12.0. The first-order valence-electron chi connectivity index (χ1n) is 6.36. The minimum absolute atomic E-state index is 0.00673. The van der Waals surface area contributed by atoms with Crippen molar-refractivity contribution in [3.8, 4) is 0 Å². The van der Waals surface area contributed by atoms with Crippen molar-refractivity contribution in [2.24, 2.45) is 0 Å². The Labute approximate surface area is 138 Å². The van der Waals surface area contributed by atoms with Crippen molar-refractivity contribution in [2.75, 3.05) is 14.1 Å². The summed E-state index contributed by atoms with van der Waals surface area (Å²) in [6.07, 6.45) is 0. The highest BCUT2D eigenvalue weighted by molar-refractivity contribution is 7.89. The van der Waals surface area contributed by atoms with Crippen LogP contribution >= 0.6 is 22.9 Å². The maximum atomic E-state index is 12.5. The van der Waals surface area contributed by atoms with E-state index in [4.69, 9.17) is 11.6 Å². The van der Waals surface area contributed by atoms with Crippen molar-refractivity contribution < 1.29 is 13.2 Å². The maximum absolute atomic E-state index is 12.5. The first-order chi connectivity index (χ1) is 10.3. The van der Waals surface area contributed by atoms with Crippen LogP contribution in [0.1, 0.15) is 15.2 Å². The second-order valence-electron chi connectivity index (χ2n) is 4.59. The van der Waals surface area contributed by atoms with E-state index in [1.165, 1.54) is 30.1 Å². The van der Waals surface area contributed by atoms with Crippen LogP contribution in [-0.4, -0.2) is 33.3 Å². The van der Waals surface area contributed by atoms with E-state index < -0.39 is 10.0 Å². The number of rotatable bonds is 5. The number of nitrogens with zero attached hydrogens (tertiary/aromatic N) is 1. The summed E-state index contributed by atoms with van der Waals surface area (Å²) < 4.78 is 25.9. The van der Waals surface area contributed by atoms with E-state index >= 15 is 0 Å². The smallest absolute Gasteiger partial charge is 0.255 e. The third-order valence-corrected chi connectivity index (χ3v) is 5.67. The van der Waals surface area contributed by atoms with Gasteiger partial charge in [-0.25, -0.2) is 13.1 Å². The van der Waals surface area contributed by atoms with E-state index in [-0.39, 0.29) is 21.4 Å². The number of halogens is 1. The lowest BCUT2D eigenvalue weighted by Crippen LogP contribution is -2.26. The molecule has 0 atom stereocenters. The number of thiophene rings is 1. The number of hydrogen-bond donors (Lipinski definition) is 1. The fraction of sp³-hybridized carbons (Fsp3) is 0.214. The highest BCUT2D eigenvalue weighted by Gasteiger charge is 2.20. The van der Waals surface area contributed by atoms with Gasteiger partial charge in [0.2, 0.25) is 10.0 Å². The Hall–Kier alpha value is -1.41. The van der Waals surface area contributed by atoms with Gasteiger partial charge in [0.15, 0.2) is 0 Å². The summed E-state index contributed by atoms with van der Waals surface area (Å²) in [7, 11) is -0.660. The van der Waals surface area contributed by atoms with Gasteiger partial charge in [0, 0.05) is 11.9 Å². The molecule has 8 heteroatoms. The molecule has 0 aliphatic carbocycles. The van der Waals surface area contributed by atoms with E-state index in [1.54, 1.807) is 18.4 Å². The Kier molecular flexibility index (Phi) is 5.23. The molecule has 1 aromatic heterocycles. The minimum atomic E-state index is -3.62. The quantitative estimate of drug-likeness (QED) is 0.893. The third-order valence-electron chi connectivity index (χ3n) is 3.07. The Bertz CT molecular complexity index is 773. The first-order valence-corrected chi connectivity index (χ1v) is 9.10. The van der Waals surface area contributed by atoms with Crippen LogP contribution in [0, 0.1) is 0 Å². The van der Waals surface area contributed by atoms with Gasteiger partial charge in [-0.2, -0.15) is 0 Å². The van der Waals surface area contributed by atoms with Crippen LogP contribution in [0.5, 0.6) is 0 Å². The van der Waals surface area contributed by atoms with Gasteiger partial charge >= 0.3 is 0 Å². The number of carbonyl (C=O) groups is 1. The maximum Gasteiger partial charge on any atom is 0.255 e. The lowest BCUT2D eigenvalue weighted by molar-refractivity contribution is 0.0786. The Morgan fingerprint density at radius 1 is 1.36 bits per heavy atom. The second-order valence-corrected chi connectivity index (χ2v) is 7.92. The molecule has 0 bridgehead atoms. The van der Waals surface area contributed by atoms with Crippen LogP contribution in [0.25, 0.3) is 0 Å². The van der Waals surface area contributed by atoms with Crippen molar-refractivity contribution in [3.63, 3.8) is 0 Å². The molecule has 0 radical (unpaired) electrons. The summed E-state index contributed by atoms with van der Waals surface area (Å²) in [4.78, 5) is 15.0. The van der Waals surface area contributed by atoms with E-state index in [1.807, 2.05) is 17.5 Å². The summed E-state index contributed by atoms with van der Waals surface area (Å²) in [5.41, 5.74) is 0.164. The topological polar surface area (TPSA) is 66.5 Å². The fourth-order valence-electron chi connectivity index (χ4n) is 1.87. The summed E-state index contributed by atoms with van der Waals surface area (Å²) in [5, 5.41) is 2.15. The molecule has 0 aliphatic rings. The van der Waals surface area contributed by atoms with Crippen LogP contribution in [0.2, 0.25) is 5.02 Å². The predicted octanol–water partition coefficient (Wildman–Crippen LogP) is 2.58. The van der Waals surface area contributed by atoms with Crippen LogP contribution < -0.4 is 4.72 Å². The highest BCUT2D eigenvalue weighted by Crippen LogP contribution is 2.22. The van der Waals surface area contributed by atoms with Gasteiger partial charge in [-0.05, 0) is 36.7 Å². The molecule has 0 saturated heterocycles. The molecule has 2 aromatic rings. The zero-order chi connectivity index (χ0) is 16.3. The standard InChI is InChI=1S/C14H15ClN2O3S2/c1-16-22(19,20)11-5-6-13(15)12(8-11)14(18)17(2)9-10-4-3-7-21-10/h3-8,16H,9H2,1-2H3. The van der Waals surface area contributed by atoms with Crippen molar-refractivity contribution in [1.29, 1.82) is 0 Å². The molecule has 0 saturated carbocycles. The van der Waals surface area contributed by atoms with Gasteiger partial charge in [-0.15, -0.1) is 11.3 Å². The van der Waals surface area contributed by atoms with Gasteiger partial charge in [-0.1, -0.05) is 17.7 Å². The van der Waals surface area contributed by atoms with E-state index in [0.717, 1.165) is 4.88 Å². The number of nitrogens with one attached hydrogen (secondary N) is 1. The first kappa shape index (κ1) is 17.0. The average molecular weight is 359 g/mol. The molecule has 0 aliphatic heterocycles. The van der Waals surface area contributed by atoms with Crippen molar-refractivity contribution in [2.45, 2.75) is 11.4 Å². The normalized spacial score (nSPS) is 11.4. The summed E-state index contributed by atoms with van der Waals surface area (Å²) in [5.74, 6) is -0.327. The van der Waals surface area contributed by atoms with Crippen molar-refractivity contribution in [3.05, 3.63) is 51.2 Å². The number of amides is 1. The molecule has 1 heterocycles. The lowest BCUT2D eigenvalue weighted by atomic mass is 10.2. The highest BCUT2D eigenvalue weighted by atomic mass is 35.5. The molecule has 0 fully saturated rings. The molecule has 1 N–H and O–H groups in total. The van der Waals surface area contributed by atoms with Gasteiger partial charge in [0.25, 0.3) is 5.91 Å². The number of sulfonamides is 1. The second kappa shape index (κ2) is 6.78. The fourth-order valence-corrected chi connectivity index (χ4v) is 3.58. The predicted molar refractivity (Wildman–Crippen MR) is 87.8 cm³/mol. The largest absolute Gasteiger partial charge is 0.337 e. The molecule has 5 nitrogen and oxygen atoms in total. The third kappa shape index (κ3) is 3.67. The molecular weight excluding hydrogens is 344 g/mol. The molecule has 1 aromatic carbocycles. The van der Waals surface area contributed by atoms with Gasteiger partial charge < -0.3 is 4.90 Å². The number of hydrogen-bond acceptors (Lipinski definition) is 4. The molecule has 0 unspecified atom stereocenters. The van der Waals surface area contributed by atoms with Crippen LogP contribution in [0.4, 0.5) is 0 Å².